The third-order valence-corrected chi connectivity index (χ3v) is 6.35. The predicted octanol–water partition coefficient (Wildman–Crippen LogP) is 0.804. The standard InChI is InChI=1S/C26H30N2O6/c1-3-34-21-16-19(8-9-20(21)29)23-22(24(30)18-6-4-17(2)5-7-18)25(31)26(32)28(23)11-10-27-12-14-33-15-13-27/h4-9,16,23,29-30H,3,10-15H2,1-2H3/b24-22-. The molecule has 2 aliphatic rings. The van der Waals surface area contributed by atoms with E-state index in [1.807, 2.05) is 19.1 Å². The molecule has 2 saturated heterocycles. The first-order valence-electron chi connectivity index (χ1n) is 11.6. The Hall–Kier alpha value is -3.36. The Morgan fingerprint density at radius 2 is 1.88 bits per heavy atom. The molecular formula is C26H30N2O6. The van der Waals surface area contributed by atoms with Gasteiger partial charge in [0.05, 0.1) is 44.5 Å². The van der Waals surface area contributed by atoms with Gasteiger partial charge in [-0.3, -0.25) is 9.59 Å². The molecule has 2 heterocycles. The maximum absolute atomic E-state index is 13.2. The molecule has 0 bridgehead atoms. The van der Waals surface area contributed by atoms with Crippen LogP contribution in [0.25, 0.3) is 5.76 Å². The number of benzene rings is 2. The molecule has 0 radical (unpaired) electrons. The molecule has 4 rings (SSSR count). The third kappa shape index (κ3) is 4.78. The minimum atomic E-state index is -0.818. The zero-order valence-corrected chi connectivity index (χ0v) is 19.5. The predicted molar refractivity (Wildman–Crippen MR) is 124 cm³/mol. The molecule has 1 atom stereocenters. The number of rotatable bonds is 7. The van der Waals surface area contributed by atoms with E-state index in [2.05, 4.69) is 0 Å². The van der Waals surface area contributed by atoms with E-state index in [4.69, 9.17) is 9.47 Å². The number of quaternary nitrogens is 1. The molecule has 2 fully saturated rings. The Morgan fingerprint density at radius 3 is 2.56 bits per heavy atom. The van der Waals surface area contributed by atoms with E-state index in [1.165, 1.54) is 15.9 Å². The van der Waals surface area contributed by atoms with Gasteiger partial charge >= 0.3 is 0 Å². The zero-order valence-electron chi connectivity index (χ0n) is 19.5. The van der Waals surface area contributed by atoms with Crippen LogP contribution in [-0.4, -0.2) is 67.7 Å². The van der Waals surface area contributed by atoms with Crippen LogP contribution in [0.2, 0.25) is 0 Å². The SMILES string of the molecule is CCOc1cc(C2/C(=C(/O)c3ccc(C)cc3)C(=O)C(=O)N2CC[NH+]2CCOCC2)ccc1[O-]. The summed E-state index contributed by atoms with van der Waals surface area (Å²) in [4.78, 5) is 29.1. The molecule has 0 aliphatic carbocycles. The van der Waals surface area contributed by atoms with Gasteiger partial charge in [0.1, 0.15) is 24.6 Å². The molecule has 2 N–H and O–H groups in total. The molecule has 0 spiro atoms. The van der Waals surface area contributed by atoms with Crippen molar-refractivity contribution < 1.29 is 34.2 Å². The summed E-state index contributed by atoms with van der Waals surface area (Å²) in [6.07, 6.45) is 0. The maximum Gasteiger partial charge on any atom is 0.295 e. The molecular weight excluding hydrogens is 436 g/mol. The Labute approximate surface area is 199 Å². The van der Waals surface area contributed by atoms with E-state index in [0.717, 1.165) is 18.7 Å². The summed E-state index contributed by atoms with van der Waals surface area (Å²) in [5.74, 6) is -1.74. The molecule has 34 heavy (non-hydrogen) atoms. The minimum absolute atomic E-state index is 0.0203. The summed E-state index contributed by atoms with van der Waals surface area (Å²) in [5, 5.41) is 23.4. The molecule has 0 aromatic heterocycles. The fourth-order valence-corrected chi connectivity index (χ4v) is 4.48. The van der Waals surface area contributed by atoms with Crippen LogP contribution in [0, 0.1) is 6.92 Å². The van der Waals surface area contributed by atoms with Crippen molar-refractivity contribution in [3.63, 3.8) is 0 Å². The molecule has 2 aromatic rings. The fourth-order valence-electron chi connectivity index (χ4n) is 4.48. The number of carbonyl (C=O) groups is 2. The summed E-state index contributed by atoms with van der Waals surface area (Å²) in [6.45, 7) is 7.98. The number of nitrogens with zero attached hydrogens (tertiary/aromatic N) is 1. The van der Waals surface area contributed by atoms with E-state index in [-0.39, 0.29) is 22.8 Å². The van der Waals surface area contributed by atoms with Crippen LogP contribution >= 0.6 is 0 Å². The van der Waals surface area contributed by atoms with Gasteiger partial charge in [-0.15, -0.1) is 0 Å². The number of likely N-dealkylation sites (tertiary alicyclic amines) is 1. The summed E-state index contributed by atoms with van der Waals surface area (Å²) in [5.41, 5.74) is 2.03. The molecule has 180 valence electrons. The van der Waals surface area contributed by atoms with Crippen LogP contribution in [-0.2, 0) is 14.3 Å². The van der Waals surface area contributed by atoms with Gasteiger partial charge in [-0.1, -0.05) is 47.7 Å². The Bertz CT molecular complexity index is 1090. The molecule has 2 aliphatic heterocycles. The van der Waals surface area contributed by atoms with Crippen LogP contribution in [0.1, 0.15) is 29.7 Å². The second-order valence-electron chi connectivity index (χ2n) is 8.61. The number of aliphatic hydroxyl groups excluding tert-OH is 1. The molecule has 0 saturated carbocycles. The number of carbonyl (C=O) groups excluding carboxylic acids is 2. The summed E-state index contributed by atoms with van der Waals surface area (Å²) in [7, 11) is 0. The van der Waals surface area contributed by atoms with E-state index >= 15 is 0 Å². The van der Waals surface area contributed by atoms with Gasteiger partial charge in [-0.05, 0) is 25.5 Å². The number of hydrogen-bond donors (Lipinski definition) is 2. The van der Waals surface area contributed by atoms with Crippen molar-refractivity contribution in [1.29, 1.82) is 0 Å². The molecule has 2 aromatic carbocycles. The van der Waals surface area contributed by atoms with Gasteiger partial charge in [0.2, 0.25) is 0 Å². The van der Waals surface area contributed by atoms with Crippen molar-refractivity contribution >= 4 is 17.4 Å². The lowest BCUT2D eigenvalue weighted by atomic mass is 9.94. The number of amides is 1. The normalized spacial score (nSPS) is 20.6. The second kappa shape index (κ2) is 10.3. The van der Waals surface area contributed by atoms with Gasteiger partial charge < -0.3 is 29.5 Å². The monoisotopic (exact) mass is 466 g/mol. The maximum atomic E-state index is 13.2. The lowest BCUT2D eigenvalue weighted by molar-refractivity contribution is -0.907. The van der Waals surface area contributed by atoms with E-state index in [0.29, 0.717) is 44.0 Å². The topological polar surface area (TPSA) is 104 Å². The average molecular weight is 467 g/mol. The third-order valence-electron chi connectivity index (χ3n) is 6.35. The molecule has 1 unspecified atom stereocenters. The quantitative estimate of drug-likeness (QED) is 0.356. The molecule has 8 heteroatoms. The molecule has 1 amide bonds. The largest absolute Gasteiger partial charge is 0.870 e. The summed E-state index contributed by atoms with van der Waals surface area (Å²) >= 11 is 0. The van der Waals surface area contributed by atoms with E-state index in [9.17, 15) is 19.8 Å². The summed E-state index contributed by atoms with van der Waals surface area (Å²) < 4.78 is 10.9. The van der Waals surface area contributed by atoms with Crippen LogP contribution in [0.15, 0.2) is 48.0 Å². The number of ketones is 1. The smallest absolute Gasteiger partial charge is 0.295 e. The fraction of sp³-hybridized carbons (Fsp3) is 0.385. The minimum Gasteiger partial charge on any atom is -0.870 e. The Morgan fingerprint density at radius 1 is 1.18 bits per heavy atom. The van der Waals surface area contributed by atoms with Gasteiger partial charge in [-0.2, -0.15) is 0 Å². The average Bonchev–Trinajstić information content (AvgIpc) is 3.10. The number of ether oxygens (including phenoxy) is 2. The number of hydrogen-bond acceptors (Lipinski definition) is 6. The van der Waals surface area contributed by atoms with Gasteiger partial charge in [0.25, 0.3) is 11.7 Å². The van der Waals surface area contributed by atoms with Crippen molar-refractivity contribution in [3.05, 3.63) is 64.7 Å². The first-order valence-corrected chi connectivity index (χ1v) is 11.6. The van der Waals surface area contributed by atoms with Crippen molar-refractivity contribution in [2.75, 3.05) is 46.0 Å². The highest BCUT2D eigenvalue weighted by Gasteiger charge is 2.46. The number of aliphatic hydroxyl groups is 1. The van der Waals surface area contributed by atoms with Crippen molar-refractivity contribution in [2.24, 2.45) is 0 Å². The first kappa shape index (κ1) is 23.8. The van der Waals surface area contributed by atoms with Gasteiger partial charge in [0, 0.05) is 5.56 Å². The number of nitrogens with one attached hydrogen (secondary N) is 1. The lowest BCUT2D eigenvalue weighted by Crippen LogP contribution is -3.14. The zero-order chi connectivity index (χ0) is 24.2. The number of aryl methyl sites for hydroxylation is 1. The number of Topliss-reactive ketones (excluding diaryl/α,β-unsaturated/α-hetero) is 1. The van der Waals surface area contributed by atoms with Gasteiger partial charge in [0.15, 0.2) is 0 Å². The Balaban J connectivity index is 1.76. The van der Waals surface area contributed by atoms with Crippen LogP contribution in [0.5, 0.6) is 11.5 Å². The highest BCUT2D eigenvalue weighted by atomic mass is 16.5. The van der Waals surface area contributed by atoms with Gasteiger partial charge in [-0.25, -0.2) is 0 Å². The first-order chi connectivity index (χ1) is 16.4. The summed E-state index contributed by atoms with van der Waals surface area (Å²) in [6, 6.07) is 10.8. The van der Waals surface area contributed by atoms with Crippen LogP contribution in [0.3, 0.4) is 0 Å². The van der Waals surface area contributed by atoms with Crippen molar-refractivity contribution in [1.82, 2.24) is 4.90 Å². The van der Waals surface area contributed by atoms with Crippen LogP contribution < -0.4 is 14.7 Å². The Kier molecular flexibility index (Phi) is 7.19. The van der Waals surface area contributed by atoms with Crippen LogP contribution in [0.4, 0.5) is 0 Å². The highest BCUT2D eigenvalue weighted by Crippen LogP contribution is 2.41. The van der Waals surface area contributed by atoms with Crippen molar-refractivity contribution in [3.8, 4) is 11.5 Å². The highest BCUT2D eigenvalue weighted by molar-refractivity contribution is 6.46. The van der Waals surface area contributed by atoms with E-state index < -0.39 is 17.7 Å². The molecule has 8 nitrogen and oxygen atoms in total. The van der Waals surface area contributed by atoms with Crippen molar-refractivity contribution in [2.45, 2.75) is 19.9 Å². The van der Waals surface area contributed by atoms with E-state index in [1.54, 1.807) is 31.2 Å². The second-order valence-corrected chi connectivity index (χ2v) is 8.61. The number of morpholine rings is 1. The lowest BCUT2D eigenvalue weighted by Gasteiger charge is -2.29.